The number of nitrogen functional groups attached to an aromatic ring is 1. The summed E-state index contributed by atoms with van der Waals surface area (Å²) in [7, 11) is 0. The van der Waals surface area contributed by atoms with Crippen LogP contribution in [0.4, 0.5) is 12.0 Å². The van der Waals surface area contributed by atoms with Crippen LogP contribution in [0.5, 0.6) is 0 Å². The van der Waals surface area contributed by atoms with Gasteiger partial charge in [0.2, 0.25) is 6.01 Å². The molecule has 0 aliphatic heterocycles. The van der Waals surface area contributed by atoms with E-state index in [2.05, 4.69) is 20.1 Å². The fourth-order valence-electron chi connectivity index (χ4n) is 0.337. The van der Waals surface area contributed by atoms with Crippen molar-refractivity contribution in [2.45, 2.75) is 0 Å². The van der Waals surface area contributed by atoms with Crippen LogP contribution in [0.1, 0.15) is 0 Å². The molecule has 0 spiro atoms. The van der Waals surface area contributed by atoms with E-state index in [1.54, 1.807) is 0 Å². The second-order valence-electron chi connectivity index (χ2n) is 1.27. The molecule has 1 rings (SSSR count). The van der Waals surface area contributed by atoms with Crippen LogP contribution in [0.15, 0.2) is 4.52 Å². The average Bonchev–Trinajstić information content (AvgIpc) is 2.13. The molecular weight excluding hydrogens is 142 g/mol. The zero-order chi connectivity index (χ0) is 7.56. The van der Waals surface area contributed by atoms with Crippen molar-refractivity contribution in [2.24, 2.45) is 0 Å². The van der Waals surface area contributed by atoms with Gasteiger partial charge >= 0.3 is 0 Å². The summed E-state index contributed by atoms with van der Waals surface area (Å²) in [5, 5.41) is 11.8. The Morgan fingerprint density at radius 2 is 2.50 bits per heavy atom. The van der Waals surface area contributed by atoms with Crippen LogP contribution in [-0.2, 0) is 0 Å². The van der Waals surface area contributed by atoms with Gasteiger partial charge < -0.3 is 15.2 Å². The van der Waals surface area contributed by atoms with E-state index in [1.807, 2.05) is 0 Å². The highest BCUT2D eigenvalue weighted by Crippen LogP contribution is 2.13. The van der Waals surface area contributed by atoms with E-state index in [0.29, 0.717) is 0 Å². The summed E-state index contributed by atoms with van der Waals surface area (Å²) in [4.78, 5) is 12.9. The molecule has 0 aliphatic carbocycles. The predicted molar refractivity (Wildman–Crippen MR) is 28.7 cm³/mol. The first-order valence-electron chi connectivity index (χ1n) is 2.13. The van der Waals surface area contributed by atoms with Crippen molar-refractivity contribution in [3.8, 4) is 0 Å². The molecule has 0 atom stereocenters. The lowest BCUT2D eigenvalue weighted by molar-refractivity contribution is -0.420. The molecule has 0 aromatic carbocycles. The van der Waals surface area contributed by atoms with Gasteiger partial charge in [0.25, 0.3) is 0 Å². The van der Waals surface area contributed by atoms with Crippen molar-refractivity contribution in [1.29, 1.82) is 0 Å². The molecule has 1 aromatic heterocycles. The van der Waals surface area contributed by atoms with Gasteiger partial charge in [0, 0.05) is 0 Å². The van der Waals surface area contributed by atoms with E-state index in [4.69, 9.17) is 5.73 Å². The summed E-state index contributed by atoms with van der Waals surface area (Å²) in [6, 6.07) is -0.456. The molecule has 2 N–H and O–H groups in total. The SMILES string of the molecule is Nc1noc([N-][N+](=O)[O-])n1. The topological polar surface area (TPSA) is 122 Å². The summed E-state index contributed by atoms with van der Waals surface area (Å²) in [5.74, 6) is -0.180. The minimum atomic E-state index is -0.951. The third kappa shape index (κ3) is 1.31. The second kappa shape index (κ2) is 2.17. The number of nitrogens with zero attached hydrogens (tertiary/aromatic N) is 4. The van der Waals surface area contributed by atoms with Crippen LogP contribution in [0.3, 0.4) is 0 Å². The lowest BCUT2D eigenvalue weighted by Gasteiger charge is -1.92. The van der Waals surface area contributed by atoms with Gasteiger partial charge in [-0.2, -0.15) is 0 Å². The van der Waals surface area contributed by atoms with E-state index in [9.17, 15) is 10.1 Å². The predicted octanol–water partition coefficient (Wildman–Crippen LogP) is -0.151. The third-order valence-electron chi connectivity index (χ3n) is 0.598. The van der Waals surface area contributed by atoms with Crippen LogP contribution in [0, 0.1) is 10.1 Å². The van der Waals surface area contributed by atoms with Gasteiger partial charge in [-0.3, -0.25) is 10.1 Å². The van der Waals surface area contributed by atoms with Crippen molar-refractivity contribution in [3.63, 3.8) is 0 Å². The van der Waals surface area contributed by atoms with Crippen molar-refractivity contribution in [2.75, 3.05) is 5.73 Å². The molecule has 0 bridgehead atoms. The monoisotopic (exact) mass is 144 g/mol. The Balaban J connectivity index is 2.67. The van der Waals surface area contributed by atoms with Gasteiger partial charge in [0.05, 0.1) is 5.03 Å². The molecule has 54 valence electrons. The summed E-state index contributed by atoms with van der Waals surface area (Å²) in [6.45, 7) is 0. The molecule has 0 unspecified atom stereocenters. The molecular formula is C2H2N5O3-. The largest absolute Gasteiger partial charge is 0.384 e. The molecule has 8 nitrogen and oxygen atoms in total. The Bertz CT molecular complexity index is 243. The molecule has 0 fully saturated rings. The van der Waals surface area contributed by atoms with E-state index >= 15 is 0 Å². The lowest BCUT2D eigenvalue weighted by Crippen LogP contribution is -1.87. The number of rotatable bonds is 2. The van der Waals surface area contributed by atoms with Gasteiger partial charge in [-0.25, -0.2) is 0 Å². The van der Waals surface area contributed by atoms with Crippen molar-refractivity contribution < 1.29 is 9.56 Å². The number of aromatic nitrogens is 2. The Hall–Kier alpha value is -1.86. The number of hydrogen-bond donors (Lipinski definition) is 1. The average molecular weight is 144 g/mol. The smallest absolute Gasteiger partial charge is 0.203 e. The van der Waals surface area contributed by atoms with Crippen molar-refractivity contribution in [1.82, 2.24) is 10.1 Å². The molecule has 0 amide bonds. The molecule has 10 heavy (non-hydrogen) atoms. The van der Waals surface area contributed by atoms with Gasteiger partial charge in [-0.05, 0) is 0 Å². The highest BCUT2D eigenvalue weighted by atomic mass is 16.7. The highest BCUT2D eigenvalue weighted by molar-refractivity contribution is 5.26. The lowest BCUT2D eigenvalue weighted by atomic mass is 11.0. The molecule has 0 radical (unpaired) electrons. The first-order valence-corrected chi connectivity index (χ1v) is 2.13. The molecule has 1 aromatic rings. The Kier molecular flexibility index (Phi) is 1.36. The third-order valence-corrected chi connectivity index (χ3v) is 0.598. The first kappa shape index (κ1) is 6.26. The van der Waals surface area contributed by atoms with Crippen LogP contribution in [0.25, 0.3) is 5.43 Å². The summed E-state index contributed by atoms with van der Waals surface area (Å²) in [5.41, 5.74) is 7.64. The molecule has 8 heteroatoms. The van der Waals surface area contributed by atoms with Crippen LogP contribution >= 0.6 is 0 Å². The maximum Gasteiger partial charge on any atom is 0.203 e. The summed E-state index contributed by atoms with van der Waals surface area (Å²) >= 11 is 0. The fourth-order valence-corrected chi connectivity index (χ4v) is 0.337. The Morgan fingerprint density at radius 3 is 2.90 bits per heavy atom. The van der Waals surface area contributed by atoms with Crippen LogP contribution in [-0.4, -0.2) is 15.2 Å². The minimum Gasteiger partial charge on any atom is -0.384 e. The number of anilines is 1. The number of nitro groups is 1. The quantitative estimate of drug-likeness (QED) is 0.454. The van der Waals surface area contributed by atoms with Gasteiger partial charge in [-0.15, -0.1) is 0 Å². The maximum absolute atomic E-state index is 9.65. The Labute approximate surface area is 54.1 Å². The molecule has 0 saturated carbocycles. The van der Waals surface area contributed by atoms with Crippen molar-refractivity contribution >= 4 is 12.0 Å². The number of nitrogens with two attached hydrogens (primary N) is 1. The van der Waals surface area contributed by atoms with E-state index in [1.165, 1.54) is 0 Å². The van der Waals surface area contributed by atoms with Crippen LogP contribution < -0.4 is 5.73 Å². The normalized spacial score (nSPS) is 9.20. The van der Waals surface area contributed by atoms with Gasteiger partial charge in [0.1, 0.15) is 0 Å². The second-order valence-corrected chi connectivity index (χ2v) is 1.27. The van der Waals surface area contributed by atoms with Gasteiger partial charge in [-0.1, -0.05) is 10.6 Å². The zero-order valence-corrected chi connectivity index (χ0v) is 4.59. The van der Waals surface area contributed by atoms with E-state index in [-0.39, 0.29) is 5.95 Å². The van der Waals surface area contributed by atoms with Crippen LogP contribution in [0.2, 0.25) is 0 Å². The van der Waals surface area contributed by atoms with Crippen molar-refractivity contribution in [3.05, 3.63) is 15.5 Å². The minimum absolute atomic E-state index is 0.180. The van der Waals surface area contributed by atoms with E-state index < -0.39 is 11.0 Å². The zero-order valence-electron chi connectivity index (χ0n) is 4.59. The summed E-state index contributed by atoms with van der Waals surface area (Å²) in [6.07, 6.45) is 0. The summed E-state index contributed by atoms with van der Waals surface area (Å²) < 4.78 is 4.18. The first-order chi connectivity index (χ1) is 4.68. The standard InChI is InChI=1S/C2H2N5O3/c3-1-4-2(10-6-1)5-7(8)9/h(H2-,3,4,5,6)/q-1. The van der Waals surface area contributed by atoms with E-state index in [0.717, 1.165) is 0 Å². The van der Waals surface area contributed by atoms with Gasteiger partial charge in [0.15, 0.2) is 5.95 Å². The highest BCUT2D eigenvalue weighted by Gasteiger charge is 1.95. The number of hydrogen-bond acceptors (Lipinski definition) is 6. The molecule has 0 saturated heterocycles. The Morgan fingerprint density at radius 1 is 1.80 bits per heavy atom. The molecule has 1 heterocycles. The molecule has 0 aliphatic rings. The fraction of sp³-hybridized carbons (Fsp3) is 0. The maximum atomic E-state index is 9.65.